The summed E-state index contributed by atoms with van der Waals surface area (Å²) < 4.78 is 12.3. The topological polar surface area (TPSA) is 76.7 Å². The second kappa shape index (κ2) is 6.64. The molecule has 0 atom stereocenters. The smallest absolute Gasteiger partial charge is 0.423 e. The van der Waals surface area contributed by atoms with Crippen LogP contribution < -0.4 is 5.46 Å². The van der Waals surface area contributed by atoms with E-state index in [1.54, 1.807) is 10.9 Å². The zero-order valence-corrected chi connectivity index (χ0v) is 9.54. The van der Waals surface area contributed by atoms with E-state index >= 15 is 0 Å². The van der Waals surface area contributed by atoms with Crippen LogP contribution in [0.5, 0.6) is 0 Å². The molecule has 0 aliphatic heterocycles. The third kappa shape index (κ3) is 3.94. The van der Waals surface area contributed by atoms with Crippen LogP contribution in [0.15, 0.2) is 12.4 Å². The Morgan fingerprint density at radius 3 is 2.44 bits per heavy atom. The molecule has 0 spiro atoms. The van der Waals surface area contributed by atoms with Gasteiger partial charge in [-0.25, -0.2) is 0 Å². The summed E-state index contributed by atoms with van der Waals surface area (Å²) in [5.74, 6) is 0. The van der Waals surface area contributed by atoms with Gasteiger partial charge in [0.25, 0.3) is 0 Å². The van der Waals surface area contributed by atoms with Crippen molar-refractivity contribution < 1.29 is 19.5 Å². The summed E-state index contributed by atoms with van der Waals surface area (Å²) in [5, 5.41) is 21.8. The maximum atomic E-state index is 8.92. The second-order valence-electron chi connectivity index (χ2n) is 3.21. The Balaban J connectivity index is 2.55. The molecule has 1 rings (SSSR count). The van der Waals surface area contributed by atoms with Crippen molar-refractivity contribution in [2.45, 2.75) is 26.7 Å². The van der Waals surface area contributed by atoms with Gasteiger partial charge in [-0.1, -0.05) is 0 Å². The number of hydrogen-bond donors (Lipinski definition) is 2. The molecule has 0 amide bonds. The number of aromatic nitrogens is 2. The molecule has 0 aromatic carbocycles. The van der Waals surface area contributed by atoms with Gasteiger partial charge in [-0.2, -0.15) is 5.10 Å². The Morgan fingerprint density at radius 2 is 2.00 bits per heavy atom. The van der Waals surface area contributed by atoms with Gasteiger partial charge in [0.1, 0.15) is 0 Å². The minimum Gasteiger partial charge on any atom is -0.423 e. The Hall–Kier alpha value is -0.885. The number of nitrogens with zero attached hydrogens (tertiary/aromatic N) is 2. The van der Waals surface area contributed by atoms with E-state index in [4.69, 9.17) is 19.5 Å². The molecule has 6 nitrogen and oxygen atoms in total. The van der Waals surface area contributed by atoms with E-state index in [1.807, 2.05) is 13.8 Å². The molecule has 0 radical (unpaired) electrons. The van der Waals surface area contributed by atoms with Crippen molar-refractivity contribution in [1.29, 1.82) is 0 Å². The van der Waals surface area contributed by atoms with Crippen LogP contribution in [0, 0.1) is 0 Å². The van der Waals surface area contributed by atoms with Crippen molar-refractivity contribution in [1.82, 2.24) is 9.78 Å². The van der Waals surface area contributed by atoms with Crippen molar-refractivity contribution in [3.05, 3.63) is 12.4 Å². The average Bonchev–Trinajstić information content (AvgIpc) is 2.67. The van der Waals surface area contributed by atoms with Gasteiger partial charge >= 0.3 is 7.12 Å². The molecule has 90 valence electrons. The highest BCUT2D eigenvalue weighted by Crippen LogP contribution is 1.98. The highest BCUT2D eigenvalue weighted by molar-refractivity contribution is 6.58. The standard InChI is InChI=1S/C9H17BN2O4/c1-3-15-9(16-4-2)7-12-6-8(5-11-12)10(13)14/h5-6,9,13-14H,3-4,7H2,1-2H3. The summed E-state index contributed by atoms with van der Waals surface area (Å²) in [7, 11) is -1.49. The van der Waals surface area contributed by atoms with Crippen LogP contribution in [0.25, 0.3) is 0 Å². The lowest BCUT2D eigenvalue weighted by Crippen LogP contribution is -2.29. The van der Waals surface area contributed by atoms with Crippen molar-refractivity contribution in [3.8, 4) is 0 Å². The molecule has 1 aromatic heterocycles. The van der Waals surface area contributed by atoms with Gasteiger partial charge in [0, 0.05) is 31.1 Å². The van der Waals surface area contributed by atoms with Crippen LogP contribution >= 0.6 is 0 Å². The van der Waals surface area contributed by atoms with Crippen molar-refractivity contribution in [2.24, 2.45) is 0 Å². The lowest BCUT2D eigenvalue weighted by atomic mass is 9.83. The van der Waals surface area contributed by atoms with Gasteiger partial charge in [0.15, 0.2) is 6.29 Å². The fraction of sp³-hybridized carbons (Fsp3) is 0.667. The molecule has 0 saturated heterocycles. The van der Waals surface area contributed by atoms with Crippen LogP contribution in [-0.4, -0.2) is 46.5 Å². The summed E-state index contributed by atoms with van der Waals surface area (Å²) in [4.78, 5) is 0. The Morgan fingerprint density at radius 1 is 1.38 bits per heavy atom. The summed E-state index contributed by atoms with van der Waals surface area (Å²) in [6.45, 7) is 5.31. The SMILES string of the molecule is CCOC(Cn1cc(B(O)O)cn1)OCC. The van der Waals surface area contributed by atoms with Gasteiger partial charge in [0.2, 0.25) is 0 Å². The molecule has 0 aliphatic carbocycles. The minimum atomic E-state index is -1.49. The zero-order chi connectivity index (χ0) is 12.0. The Labute approximate surface area is 94.9 Å². The quantitative estimate of drug-likeness (QED) is 0.460. The molecule has 0 saturated carbocycles. The summed E-state index contributed by atoms with van der Waals surface area (Å²) in [5.41, 5.74) is 0.353. The summed E-state index contributed by atoms with van der Waals surface area (Å²) in [6.07, 6.45) is 2.59. The van der Waals surface area contributed by atoms with Crippen LogP contribution in [-0.2, 0) is 16.0 Å². The summed E-state index contributed by atoms with van der Waals surface area (Å²) >= 11 is 0. The molecule has 2 N–H and O–H groups in total. The van der Waals surface area contributed by atoms with E-state index in [0.717, 1.165) is 0 Å². The fourth-order valence-electron chi connectivity index (χ4n) is 1.29. The largest absolute Gasteiger partial charge is 0.491 e. The molecular weight excluding hydrogens is 211 g/mol. The van der Waals surface area contributed by atoms with Crippen molar-refractivity contribution in [2.75, 3.05) is 13.2 Å². The first-order valence-corrected chi connectivity index (χ1v) is 5.29. The number of ether oxygens (including phenoxy) is 2. The first-order chi connectivity index (χ1) is 7.67. The monoisotopic (exact) mass is 228 g/mol. The predicted octanol–water partition coefficient (Wildman–Crippen LogP) is -1.04. The van der Waals surface area contributed by atoms with Crippen LogP contribution in [0.1, 0.15) is 13.8 Å². The van der Waals surface area contributed by atoms with Crippen LogP contribution in [0.3, 0.4) is 0 Å². The van der Waals surface area contributed by atoms with E-state index in [2.05, 4.69) is 5.10 Å². The molecule has 0 fully saturated rings. The van der Waals surface area contributed by atoms with E-state index in [9.17, 15) is 0 Å². The molecule has 1 aromatic rings. The number of hydrogen-bond acceptors (Lipinski definition) is 5. The Bertz CT molecular complexity index is 299. The molecule has 1 heterocycles. The molecule has 0 aliphatic rings. The molecule has 7 heteroatoms. The van der Waals surface area contributed by atoms with E-state index in [-0.39, 0.29) is 6.29 Å². The maximum absolute atomic E-state index is 8.92. The molecular formula is C9H17BN2O4. The second-order valence-corrected chi connectivity index (χ2v) is 3.21. The third-order valence-corrected chi connectivity index (χ3v) is 1.99. The highest BCUT2D eigenvalue weighted by atomic mass is 16.7. The van der Waals surface area contributed by atoms with Crippen LogP contribution in [0.2, 0.25) is 0 Å². The zero-order valence-electron chi connectivity index (χ0n) is 9.54. The minimum absolute atomic E-state index is 0.353. The van der Waals surface area contributed by atoms with Gasteiger partial charge in [-0.15, -0.1) is 0 Å². The number of rotatable bonds is 7. The lowest BCUT2D eigenvalue weighted by molar-refractivity contribution is -0.144. The highest BCUT2D eigenvalue weighted by Gasteiger charge is 2.15. The third-order valence-electron chi connectivity index (χ3n) is 1.99. The van der Waals surface area contributed by atoms with Gasteiger partial charge in [-0.3, -0.25) is 4.68 Å². The van der Waals surface area contributed by atoms with E-state index in [1.165, 1.54) is 6.20 Å². The van der Waals surface area contributed by atoms with Crippen molar-refractivity contribution in [3.63, 3.8) is 0 Å². The Kier molecular flexibility index (Phi) is 5.47. The van der Waals surface area contributed by atoms with Gasteiger partial charge in [-0.05, 0) is 13.8 Å². The first-order valence-electron chi connectivity index (χ1n) is 5.29. The molecule has 0 bridgehead atoms. The van der Waals surface area contributed by atoms with Gasteiger partial charge < -0.3 is 19.5 Å². The fourth-order valence-corrected chi connectivity index (χ4v) is 1.29. The lowest BCUT2D eigenvalue weighted by Gasteiger charge is -2.16. The van der Waals surface area contributed by atoms with E-state index in [0.29, 0.717) is 25.2 Å². The maximum Gasteiger partial charge on any atom is 0.491 e. The average molecular weight is 228 g/mol. The molecule has 0 unspecified atom stereocenters. The van der Waals surface area contributed by atoms with Gasteiger partial charge in [0.05, 0.1) is 6.54 Å². The van der Waals surface area contributed by atoms with E-state index < -0.39 is 7.12 Å². The summed E-state index contributed by atoms with van der Waals surface area (Å²) in [6, 6.07) is 0. The van der Waals surface area contributed by atoms with Crippen molar-refractivity contribution >= 4 is 12.6 Å². The predicted molar refractivity (Wildman–Crippen MR) is 59.1 cm³/mol. The first kappa shape index (κ1) is 13.2. The van der Waals surface area contributed by atoms with Crippen LogP contribution in [0.4, 0.5) is 0 Å². The normalized spacial score (nSPS) is 11.1. The molecule has 16 heavy (non-hydrogen) atoms.